The molecule has 2 heterocycles. The summed E-state index contributed by atoms with van der Waals surface area (Å²) < 4.78 is 13.0. The SMILES string of the molecule is Cc1cccc2[nH]cc(CC(=O)N[C@@H]3CCN(Cc4ccc(F)cc4)C3=O)c12. The molecule has 0 spiro atoms. The molecule has 0 unspecified atom stereocenters. The summed E-state index contributed by atoms with van der Waals surface area (Å²) in [4.78, 5) is 30.0. The van der Waals surface area contributed by atoms with Crippen molar-refractivity contribution >= 4 is 22.7 Å². The standard InChI is InChI=1S/C22H22FN3O2/c1-14-3-2-4-18-21(14)16(12-24-18)11-20(27)25-19-9-10-26(22(19)28)13-15-5-7-17(23)8-6-15/h2-8,12,19,24H,9-11,13H2,1H3,(H,25,27)/t19-/m1/s1. The Kier molecular flexibility index (Phi) is 4.86. The number of aromatic nitrogens is 1. The molecule has 4 rings (SSSR count). The van der Waals surface area contributed by atoms with E-state index in [1.807, 2.05) is 31.3 Å². The van der Waals surface area contributed by atoms with Gasteiger partial charge >= 0.3 is 0 Å². The van der Waals surface area contributed by atoms with Crippen LogP contribution in [0.2, 0.25) is 0 Å². The molecule has 1 aromatic heterocycles. The van der Waals surface area contributed by atoms with E-state index >= 15 is 0 Å². The van der Waals surface area contributed by atoms with Gasteiger partial charge in [-0.3, -0.25) is 9.59 Å². The van der Waals surface area contributed by atoms with E-state index in [1.165, 1.54) is 12.1 Å². The van der Waals surface area contributed by atoms with Gasteiger partial charge < -0.3 is 15.2 Å². The van der Waals surface area contributed by atoms with Crippen molar-refractivity contribution in [1.29, 1.82) is 0 Å². The van der Waals surface area contributed by atoms with E-state index < -0.39 is 6.04 Å². The zero-order chi connectivity index (χ0) is 19.7. The molecule has 6 heteroatoms. The van der Waals surface area contributed by atoms with Crippen molar-refractivity contribution in [3.8, 4) is 0 Å². The second kappa shape index (κ2) is 7.46. The molecule has 1 atom stereocenters. The number of H-pyrrole nitrogens is 1. The van der Waals surface area contributed by atoms with Crippen LogP contribution in [0.25, 0.3) is 10.9 Å². The molecule has 1 aliphatic rings. The van der Waals surface area contributed by atoms with Gasteiger partial charge in [0.15, 0.2) is 0 Å². The number of aryl methyl sites for hydroxylation is 1. The molecule has 0 saturated carbocycles. The summed E-state index contributed by atoms with van der Waals surface area (Å²) in [7, 11) is 0. The third-order valence-electron chi connectivity index (χ3n) is 5.27. The second-order valence-corrected chi connectivity index (χ2v) is 7.28. The molecule has 144 valence electrons. The minimum absolute atomic E-state index is 0.0900. The number of amides is 2. The molecule has 2 N–H and O–H groups in total. The van der Waals surface area contributed by atoms with Crippen molar-refractivity contribution in [2.45, 2.75) is 32.4 Å². The monoisotopic (exact) mass is 379 g/mol. The predicted octanol–water partition coefficient (Wildman–Crippen LogP) is 3.08. The molecular formula is C22H22FN3O2. The Morgan fingerprint density at radius 3 is 2.82 bits per heavy atom. The first-order valence-corrected chi connectivity index (χ1v) is 9.39. The van der Waals surface area contributed by atoms with Gasteiger partial charge in [-0.25, -0.2) is 4.39 Å². The number of carbonyl (C=O) groups excluding carboxylic acids is 2. The van der Waals surface area contributed by atoms with E-state index in [9.17, 15) is 14.0 Å². The van der Waals surface area contributed by atoms with Gasteiger partial charge in [0, 0.05) is 30.2 Å². The first-order valence-electron chi connectivity index (χ1n) is 9.39. The fourth-order valence-corrected chi connectivity index (χ4v) is 3.85. The molecule has 5 nitrogen and oxygen atoms in total. The largest absolute Gasteiger partial charge is 0.361 e. The van der Waals surface area contributed by atoms with E-state index in [0.29, 0.717) is 19.5 Å². The summed E-state index contributed by atoms with van der Waals surface area (Å²) in [5.74, 6) is -0.548. The number of rotatable bonds is 5. The van der Waals surface area contributed by atoms with Crippen LogP contribution in [0.1, 0.15) is 23.1 Å². The van der Waals surface area contributed by atoms with Crippen molar-refractivity contribution in [2.24, 2.45) is 0 Å². The Morgan fingerprint density at radius 1 is 1.25 bits per heavy atom. The lowest BCUT2D eigenvalue weighted by Gasteiger charge is -2.17. The van der Waals surface area contributed by atoms with Crippen molar-refractivity contribution in [1.82, 2.24) is 15.2 Å². The third kappa shape index (κ3) is 3.63. The highest BCUT2D eigenvalue weighted by Crippen LogP contribution is 2.23. The average molecular weight is 379 g/mol. The number of benzene rings is 2. The number of fused-ring (bicyclic) bond motifs is 1. The van der Waals surface area contributed by atoms with E-state index in [0.717, 1.165) is 27.6 Å². The van der Waals surface area contributed by atoms with Crippen molar-refractivity contribution in [3.63, 3.8) is 0 Å². The molecule has 1 saturated heterocycles. The lowest BCUT2D eigenvalue weighted by Crippen LogP contribution is -2.41. The van der Waals surface area contributed by atoms with Gasteiger partial charge in [0.25, 0.3) is 0 Å². The Bertz CT molecular complexity index is 1030. The van der Waals surface area contributed by atoms with Crippen LogP contribution in [0.4, 0.5) is 4.39 Å². The van der Waals surface area contributed by atoms with Gasteiger partial charge in [0.1, 0.15) is 11.9 Å². The zero-order valence-electron chi connectivity index (χ0n) is 15.7. The van der Waals surface area contributed by atoms with E-state index in [4.69, 9.17) is 0 Å². The summed E-state index contributed by atoms with van der Waals surface area (Å²) in [6, 6.07) is 11.6. The lowest BCUT2D eigenvalue weighted by molar-refractivity contribution is -0.132. The van der Waals surface area contributed by atoms with Crippen LogP contribution in [-0.4, -0.2) is 34.3 Å². The minimum Gasteiger partial charge on any atom is -0.361 e. The number of aromatic amines is 1. The molecule has 1 fully saturated rings. The maximum atomic E-state index is 13.0. The number of likely N-dealkylation sites (tertiary alicyclic amines) is 1. The number of hydrogen-bond donors (Lipinski definition) is 2. The molecule has 0 bridgehead atoms. The Hall–Kier alpha value is -3.15. The fourth-order valence-electron chi connectivity index (χ4n) is 3.85. The highest BCUT2D eigenvalue weighted by molar-refractivity contribution is 5.93. The van der Waals surface area contributed by atoms with Gasteiger partial charge in [-0.2, -0.15) is 0 Å². The minimum atomic E-state index is -0.501. The van der Waals surface area contributed by atoms with Crippen LogP contribution in [0, 0.1) is 12.7 Å². The summed E-state index contributed by atoms with van der Waals surface area (Å²) in [5.41, 5.74) is 3.92. The Morgan fingerprint density at radius 2 is 2.04 bits per heavy atom. The van der Waals surface area contributed by atoms with Crippen LogP contribution in [0.5, 0.6) is 0 Å². The zero-order valence-corrected chi connectivity index (χ0v) is 15.7. The number of carbonyl (C=O) groups is 2. The van der Waals surface area contributed by atoms with Crippen molar-refractivity contribution in [3.05, 3.63) is 71.2 Å². The molecule has 28 heavy (non-hydrogen) atoms. The van der Waals surface area contributed by atoms with Crippen molar-refractivity contribution < 1.29 is 14.0 Å². The van der Waals surface area contributed by atoms with Gasteiger partial charge in [-0.05, 0) is 48.2 Å². The second-order valence-electron chi connectivity index (χ2n) is 7.28. The van der Waals surface area contributed by atoms with Gasteiger partial charge in [-0.1, -0.05) is 24.3 Å². The van der Waals surface area contributed by atoms with Crippen LogP contribution >= 0.6 is 0 Å². The first kappa shape index (κ1) is 18.2. The first-order chi connectivity index (χ1) is 13.5. The van der Waals surface area contributed by atoms with Gasteiger partial charge in [0.2, 0.25) is 11.8 Å². The fraction of sp³-hybridized carbons (Fsp3) is 0.273. The summed E-state index contributed by atoms with van der Waals surface area (Å²) in [5, 5.41) is 3.94. The van der Waals surface area contributed by atoms with Crippen LogP contribution in [0.3, 0.4) is 0 Å². The lowest BCUT2D eigenvalue weighted by atomic mass is 10.0. The maximum Gasteiger partial charge on any atom is 0.245 e. The molecular weight excluding hydrogens is 357 g/mol. The highest BCUT2D eigenvalue weighted by atomic mass is 19.1. The predicted molar refractivity (Wildman–Crippen MR) is 105 cm³/mol. The van der Waals surface area contributed by atoms with Gasteiger partial charge in [-0.15, -0.1) is 0 Å². The summed E-state index contributed by atoms with van der Waals surface area (Å²) >= 11 is 0. The Labute approximate surface area is 162 Å². The number of nitrogens with zero attached hydrogens (tertiary/aromatic N) is 1. The van der Waals surface area contributed by atoms with E-state index in [2.05, 4.69) is 10.3 Å². The van der Waals surface area contributed by atoms with Crippen LogP contribution in [-0.2, 0) is 22.6 Å². The number of halogens is 1. The number of nitrogens with one attached hydrogen (secondary N) is 2. The quantitative estimate of drug-likeness (QED) is 0.716. The maximum absolute atomic E-state index is 13.0. The van der Waals surface area contributed by atoms with Crippen LogP contribution in [0.15, 0.2) is 48.7 Å². The van der Waals surface area contributed by atoms with Crippen LogP contribution < -0.4 is 5.32 Å². The molecule has 3 aromatic rings. The van der Waals surface area contributed by atoms with Crippen molar-refractivity contribution in [2.75, 3.05) is 6.54 Å². The normalized spacial score (nSPS) is 16.7. The molecule has 0 radical (unpaired) electrons. The molecule has 2 amide bonds. The van der Waals surface area contributed by atoms with Gasteiger partial charge in [0.05, 0.1) is 6.42 Å². The summed E-state index contributed by atoms with van der Waals surface area (Å²) in [6.07, 6.45) is 2.67. The third-order valence-corrected chi connectivity index (χ3v) is 5.27. The highest BCUT2D eigenvalue weighted by Gasteiger charge is 2.32. The molecule has 2 aromatic carbocycles. The molecule has 0 aliphatic carbocycles. The topological polar surface area (TPSA) is 65.2 Å². The average Bonchev–Trinajstić information content (AvgIpc) is 3.23. The smallest absolute Gasteiger partial charge is 0.245 e. The Balaban J connectivity index is 1.38. The van der Waals surface area contributed by atoms with E-state index in [1.54, 1.807) is 17.0 Å². The number of hydrogen-bond acceptors (Lipinski definition) is 2. The van der Waals surface area contributed by atoms with E-state index in [-0.39, 0.29) is 24.1 Å². The summed E-state index contributed by atoms with van der Waals surface area (Å²) in [6.45, 7) is 3.02. The molecule has 1 aliphatic heterocycles.